The lowest BCUT2D eigenvalue weighted by Crippen LogP contribution is -2.51. The predicted molar refractivity (Wildman–Crippen MR) is 109 cm³/mol. The molecular weight excluding hydrogens is 395 g/mol. The number of hydrogen-bond acceptors (Lipinski definition) is 3. The van der Waals surface area contributed by atoms with Gasteiger partial charge in [-0.25, -0.2) is 9.53 Å². The lowest BCUT2D eigenvalue weighted by molar-refractivity contribution is 0.0921. The Hall–Kier alpha value is -2.75. The molecule has 1 aliphatic heterocycles. The van der Waals surface area contributed by atoms with Gasteiger partial charge in [0, 0.05) is 47.4 Å². The lowest BCUT2D eigenvalue weighted by Gasteiger charge is -2.31. The van der Waals surface area contributed by atoms with E-state index >= 15 is 0 Å². The highest BCUT2D eigenvalue weighted by Gasteiger charge is 2.27. The summed E-state index contributed by atoms with van der Waals surface area (Å²) in [6, 6.07) is 11.4. The SMILES string of the molecule is NS(=O)(=O)N1CCCC(NC(=O)c2ccc(-c3c[nH]c4cc(F)ccc34)cc2)C1. The number of carbonyl (C=O) groups is 1. The molecule has 4 N–H and O–H groups in total. The number of nitrogens with one attached hydrogen (secondary N) is 2. The fourth-order valence-electron chi connectivity index (χ4n) is 3.70. The molecule has 2 heterocycles. The second-order valence-corrected chi connectivity index (χ2v) is 8.73. The number of amides is 1. The number of hydrogen-bond donors (Lipinski definition) is 3. The minimum Gasteiger partial charge on any atom is -0.360 e. The van der Waals surface area contributed by atoms with Crippen LogP contribution in [-0.2, 0) is 10.2 Å². The molecule has 0 saturated carbocycles. The summed E-state index contributed by atoms with van der Waals surface area (Å²) < 4.78 is 37.6. The molecule has 152 valence electrons. The second-order valence-electron chi connectivity index (χ2n) is 7.19. The number of halogens is 1. The molecule has 1 aliphatic rings. The van der Waals surface area contributed by atoms with Crippen molar-refractivity contribution in [1.29, 1.82) is 0 Å². The van der Waals surface area contributed by atoms with Crippen LogP contribution in [0.15, 0.2) is 48.7 Å². The minimum atomic E-state index is -3.76. The smallest absolute Gasteiger partial charge is 0.276 e. The van der Waals surface area contributed by atoms with Gasteiger partial charge in [-0.3, -0.25) is 4.79 Å². The summed E-state index contributed by atoms with van der Waals surface area (Å²) in [6.07, 6.45) is 3.15. The summed E-state index contributed by atoms with van der Waals surface area (Å²) in [5.41, 5.74) is 3.01. The van der Waals surface area contributed by atoms with E-state index in [-0.39, 0.29) is 24.3 Å². The van der Waals surface area contributed by atoms with E-state index < -0.39 is 10.2 Å². The lowest BCUT2D eigenvalue weighted by atomic mass is 10.0. The molecule has 9 heteroatoms. The monoisotopic (exact) mass is 416 g/mol. The van der Waals surface area contributed by atoms with Gasteiger partial charge in [0.15, 0.2) is 0 Å². The van der Waals surface area contributed by atoms with E-state index in [0.717, 1.165) is 16.5 Å². The summed E-state index contributed by atoms with van der Waals surface area (Å²) in [5.74, 6) is -0.569. The zero-order valence-corrected chi connectivity index (χ0v) is 16.4. The molecule has 1 atom stereocenters. The van der Waals surface area contributed by atoms with Gasteiger partial charge in [0.2, 0.25) is 0 Å². The fourth-order valence-corrected chi connectivity index (χ4v) is 4.47. The van der Waals surface area contributed by atoms with Crippen LogP contribution in [0.4, 0.5) is 4.39 Å². The largest absolute Gasteiger partial charge is 0.360 e. The Bertz CT molecular complexity index is 1160. The van der Waals surface area contributed by atoms with Gasteiger partial charge in [0.05, 0.1) is 0 Å². The highest BCUT2D eigenvalue weighted by Crippen LogP contribution is 2.29. The average Bonchev–Trinajstić information content (AvgIpc) is 3.10. The van der Waals surface area contributed by atoms with Gasteiger partial charge in [-0.2, -0.15) is 12.7 Å². The van der Waals surface area contributed by atoms with Crippen molar-refractivity contribution in [2.75, 3.05) is 13.1 Å². The van der Waals surface area contributed by atoms with Gasteiger partial charge >= 0.3 is 0 Å². The molecule has 0 spiro atoms. The first-order valence-electron chi connectivity index (χ1n) is 9.27. The third-order valence-electron chi connectivity index (χ3n) is 5.18. The van der Waals surface area contributed by atoms with Crippen LogP contribution in [-0.4, -0.2) is 42.7 Å². The molecule has 0 radical (unpaired) electrons. The van der Waals surface area contributed by atoms with Crippen molar-refractivity contribution in [1.82, 2.24) is 14.6 Å². The number of carbonyl (C=O) groups excluding carboxylic acids is 1. The van der Waals surface area contributed by atoms with Crippen LogP contribution in [0.1, 0.15) is 23.2 Å². The number of nitrogens with two attached hydrogens (primary N) is 1. The molecular formula is C20H21FN4O3S. The first-order valence-corrected chi connectivity index (χ1v) is 10.8. The number of piperidine rings is 1. The summed E-state index contributed by atoms with van der Waals surface area (Å²) in [6.45, 7) is 0.545. The maximum absolute atomic E-state index is 13.4. The Morgan fingerprint density at radius 3 is 2.69 bits per heavy atom. The van der Waals surface area contributed by atoms with E-state index in [1.807, 2.05) is 18.3 Å². The van der Waals surface area contributed by atoms with Crippen molar-refractivity contribution in [2.24, 2.45) is 5.14 Å². The molecule has 3 aromatic rings. The summed E-state index contributed by atoms with van der Waals surface area (Å²) in [7, 11) is -3.76. The van der Waals surface area contributed by atoms with E-state index in [9.17, 15) is 17.6 Å². The molecule has 29 heavy (non-hydrogen) atoms. The normalized spacial score (nSPS) is 18.1. The molecule has 2 aromatic carbocycles. The number of aromatic nitrogens is 1. The van der Waals surface area contributed by atoms with Crippen LogP contribution < -0.4 is 10.5 Å². The third kappa shape index (κ3) is 4.16. The molecule has 1 fully saturated rings. The Balaban J connectivity index is 1.48. The number of nitrogens with zero attached hydrogens (tertiary/aromatic N) is 1. The van der Waals surface area contributed by atoms with Crippen molar-refractivity contribution in [2.45, 2.75) is 18.9 Å². The predicted octanol–water partition coefficient (Wildman–Crippen LogP) is 2.37. The fraction of sp³-hybridized carbons (Fsp3) is 0.250. The van der Waals surface area contributed by atoms with Crippen molar-refractivity contribution in [3.8, 4) is 11.1 Å². The highest BCUT2D eigenvalue weighted by atomic mass is 32.2. The number of benzene rings is 2. The van der Waals surface area contributed by atoms with Gasteiger partial charge in [-0.15, -0.1) is 0 Å². The van der Waals surface area contributed by atoms with Crippen molar-refractivity contribution < 1.29 is 17.6 Å². The number of fused-ring (bicyclic) bond motifs is 1. The quantitative estimate of drug-likeness (QED) is 0.608. The number of H-pyrrole nitrogens is 1. The molecule has 0 bridgehead atoms. The molecule has 1 saturated heterocycles. The molecule has 1 aromatic heterocycles. The molecule has 4 rings (SSSR count). The van der Waals surface area contributed by atoms with Crippen molar-refractivity contribution in [3.63, 3.8) is 0 Å². The van der Waals surface area contributed by atoms with E-state index in [4.69, 9.17) is 5.14 Å². The Kier molecular flexibility index (Phi) is 5.12. The minimum absolute atomic E-state index is 0.175. The Labute approximate surface area is 167 Å². The van der Waals surface area contributed by atoms with E-state index in [1.54, 1.807) is 18.2 Å². The summed E-state index contributed by atoms with van der Waals surface area (Å²) >= 11 is 0. The van der Waals surface area contributed by atoms with Gasteiger partial charge in [0.25, 0.3) is 16.1 Å². The average molecular weight is 416 g/mol. The van der Waals surface area contributed by atoms with Gasteiger partial charge < -0.3 is 10.3 Å². The maximum Gasteiger partial charge on any atom is 0.276 e. The van der Waals surface area contributed by atoms with Crippen LogP contribution in [0.5, 0.6) is 0 Å². The van der Waals surface area contributed by atoms with E-state index in [2.05, 4.69) is 10.3 Å². The van der Waals surface area contributed by atoms with Gasteiger partial charge in [-0.05, 0) is 48.7 Å². The first-order chi connectivity index (χ1) is 13.8. The zero-order valence-electron chi connectivity index (χ0n) is 15.6. The summed E-state index contributed by atoms with van der Waals surface area (Å²) in [4.78, 5) is 15.6. The Morgan fingerprint density at radius 2 is 1.97 bits per heavy atom. The Morgan fingerprint density at radius 1 is 1.21 bits per heavy atom. The number of rotatable bonds is 4. The molecule has 1 unspecified atom stereocenters. The van der Waals surface area contributed by atoms with Crippen molar-refractivity contribution >= 4 is 27.0 Å². The molecule has 7 nitrogen and oxygen atoms in total. The van der Waals surface area contributed by atoms with Crippen LogP contribution in [0, 0.1) is 5.82 Å². The maximum atomic E-state index is 13.4. The van der Waals surface area contributed by atoms with E-state index in [0.29, 0.717) is 30.5 Å². The van der Waals surface area contributed by atoms with Crippen LogP contribution in [0.2, 0.25) is 0 Å². The van der Waals surface area contributed by atoms with Crippen LogP contribution >= 0.6 is 0 Å². The van der Waals surface area contributed by atoms with Gasteiger partial charge in [-0.1, -0.05) is 12.1 Å². The topological polar surface area (TPSA) is 108 Å². The highest BCUT2D eigenvalue weighted by molar-refractivity contribution is 7.86. The molecule has 0 aliphatic carbocycles. The van der Waals surface area contributed by atoms with E-state index in [1.165, 1.54) is 16.4 Å². The standard InChI is InChI=1S/C20H21FN4O3S/c21-15-7-8-17-18(11-23-19(17)10-15)13-3-5-14(6-4-13)20(26)24-16-2-1-9-25(12-16)29(22,27)28/h3-8,10-11,16,23H,1-2,9,12H2,(H,24,26)(H2,22,27,28). The number of aromatic amines is 1. The zero-order chi connectivity index (χ0) is 20.6. The van der Waals surface area contributed by atoms with Gasteiger partial charge in [0.1, 0.15) is 5.82 Å². The third-order valence-corrected chi connectivity index (χ3v) is 6.23. The molecule has 1 amide bonds. The summed E-state index contributed by atoms with van der Waals surface area (Å²) in [5, 5.41) is 8.96. The first kappa shape index (κ1) is 19.6. The van der Waals surface area contributed by atoms with Crippen molar-refractivity contribution in [3.05, 3.63) is 60.0 Å². The van der Waals surface area contributed by atoms with Crippen LogP contribution in [0.25, 0.3) is 22.0 Å². The second kappa shape index (κ2) is 7.58. The van der Waals surface area contributed by atoms with Crippen LogP contribution in [0.3, 0.4) is 0 Å².